The lowest BCUT2D eigenvalue weighted by atomic mass is 10.1. The van der Waals surface area contributed by atoms with Gasteiger partial charge >= 0.3 is 5.97 Å². The lowest BCUT2D eigenvalue weighted by Crippen LogP contribution is -2.19. The highest BCUT2D eigenvalue weighted by Crippen LogP contribution is 2.37. The number of benzene rings is 1. The van der Waals surface area contributed by atoms with Crippen molar-refractivity contribution in [3.8, 4) is 11.5 Å². The second-order valence-corrected chi connectivity index (χ2v) is 6.08. The first-order valence-corrected chi connectivity index (χ1v) is 7.99. The van der Waals surface area contributed by atoms with Crippen molar-refractivity contribution in [2.45, 2.75) is 6.61 Å². The Morgan fingerprint density at radius 2 is 2.04 bits per heavy atom. The molecule has 4 rings (SSSR count). The predicted octanol–water partition coefficient (Wildman–Crippen LogP) is 2.18. The van der Waals surface area contributed by atoms with Crippen molar-refractivity contribution in [2.75, 3.05) is 21.0 Å². The Morgan fingerprint density at radius 3 is 2.75 bits per heavy atom. The quantitative estimate of drug-likeness (QED) is 0.676. The zero-order chi connectivity index (χ0) is 16.8. The maximum atomic E-state index is 12.9. The van der Waals surface area contributed by atoms with E-state index < -0.39 is 5.97 Å². The monoisotopic (exact) mass is 347 g/mol. The molecule has 2 aromatic heterocycles. The highest BCUT2D eigenvalue weighted by Gasteiger charge is 2.25. The van der Waals surface area contributed by atoms with Crippen molar-refractivity contribution in [3.05, 3.63) is 39.0 Å². The highest BCUT2D eigenvalue weighted by atomic mass is 32.1. The summed E-state index contributed by atoms with van der Waals surface area (Å²) in [7, 11) is 2.84. The van der Waals surface area contributed by atoms with Gasteiger partial charge in [-0.05, 0) is 6.07 Å². The number of hydrogen-bond acceptors (Lipinski definition) is 7. The van der Waals surface area contributed by atoms with Crippen LogP contribution in [0.25, 0.3) is 15.7 Å². The fraction of sp³-hybridized carbons (Fsp3) is 0.250. The van der Waals surface area contributed by atoms with Crippen molar-refractivity contribution in [1.82, 2.24) is 4.40 Å². The normalized spacial score (nSPS) is 12.9. The molecule has 0 fully saturated rings. The number of aromatic nitrogens is 1. The third kappa shape index (κ3) is 2.00. The van der Waals surface area contributed by atoms with Crippen molar-refractivity contribution >= 4 is 33.0 Å². The third-order valence-corrected chi connectivity index (χ3v) is 4.90. The van der Waals surface area contributed by atoms with E-state index in [0.717, 1.165) is 5.69 Å². The van der Waals surface area contributed by atoms with E-state index in [0.29, 0.717) is 33.8 Å². The Morgan fingerprint density at radius 1 is 1.29 bits per heavy atom. The molecule has 0 atom stereocenters. The van der Waals surface area contributed by atoms with Crippen LogP contribution in [0.1, 0.15) is 16.1 Å². The van der Waals surface area contributed by atoms with Crippen molar-refractivity contribution < 1.29 is 23.7 Å². The molecule has 0 bridgehead atoms. The van der Waals surface area contributed by atoms with Gasteiger partial charge in [0.1, 0.15) is 10.4 Å². The molecule has 24 heavy (non-hydrogen) atoms. The summed E-state index contributed by atoms with van der Waals surface area (Å²) in [6, 6.07) is 3.35. The molecule has 8 heteroatoms. The lowest BCUT2D eigenvalue weighted by molar-refractivity contribution is 0.0601. The molecule has 124 valence electrons. The summed E-state index contributed by atoms with van der Waals surface area (Å²) in [5.74, 6) is 0.387. The van der Waals surface area contributed by atoms with Gasteiger partial charge in [0.2, 0.25) is 12.2 Å². The molecular formula is C16H13NO6S. The van der Waals surface area contributed by atoms with Crippen LogP contribution in [0.4, 0.5) is 0 Å². The second-order valence-electron chi connectivity index (χ2n) is 5.22. The number of ether oxygens (including phenoxy) is 4. The second kappa shape index (κ2) is 5.50. The summed E-state index contributed by atoms with van der Waals surface area (Å²) in [4.78, 5) is 25.6. The number of esters is 1. The number of carbonyl (C=O) groups is 1. The number of rotatable bonds is 3. The van der Waals surface area contributed by atoms with Crippen molar-refractivity contribution in [1.29, 1.82) is 0 Å². The predicted molar refractivity (Wildman–Crippen MR) is 87.2 cm³/mol. The maximum Gasteiger partial charge on any atom is 0.344 e. The average Bonchev–Trinajstić information content (AvgIpc) is 3.20. The van der Waals surface area contributed by atoms with Gasteiger partial charge in [0, 0.05) is 18.6 Å². The summed E-state index contributed by atoms with van der Waals surface area (Å²) in [5.41, 5.74) is 1.09. The fourth-order valence-electron chi connectivity index (χ4n) is 2.85. The molecule has 1 aromatic carbocycles. The van der Waals surface area contributed by atoms with Crippen LogP contribution in [-0.4, -0.2) is 31.4 Å². The van der Waals surface area contributed by atoms with Crippen LogP contribution in [0.15, 0.2) is 22.3 Å². The van der Waals surface area contributed by atoms with Gasteiger partial charge in [0.05, 0.1) is 30.3 Å². The van der Waals surface area contributed by atoms with Crippen LogP contribution in [0.5, 0.6) is 11.5 Å². The minimum absolute atomic E-state index is 0.0104. The van der Waals surface area contributed by atoms with E-state index in [2.05, 4.69) is 0 Å². The number of nitrogens with zero attached hydrogens (tertiary/aromatic N) is 1. The fourth-order valence-corrected chi connectivity index (χ4v) is 3.89. The zero-order valence-electron chi connectivity index (χ0n) is 13.0. The van der Waals surface area contributed by atoms with Crippen LogP contribution >= 0.6 is 11.3 Å². The molecule has 0 aliphatic carbocycles. The van der Waals surface area contributed by atoms with Crippen LogP contribution in [0.3, 0.4) is 0 Å². The maximum absolute atomic E-state index is 12.9. The van der Waals surface area contributed by atoms with Gasteiger partial charge in [-0.15, -0.1) is 11.3 Å². The number of thiazole rings is 1. The summed E-state index contributed by atoms with van der Waals surface area (Å²) in [5, 5.41) is 2.22. The standard InChI is InChI=1S/C16H13NO6S/c1-20-5-8-6-24-15-13(16(19)21-2)14(18)9-3-11-12(23-7-22-11)4-10(9)17(8)15/h3-4,6H,5,7H2,1-2H3. The first-order valence-electron chi connectivity index (χ1n) is 7.11. The molecule has 1 aliphatic heterocycles. The first kappa shape index (κ1) is 15.0. The molecule has 0 unspecified atom stereocenters. The minimum atomic E-state index is -0.664. The Labute approximate surface area is 139 Å². The molecular weight excluding hydrogens is 334 g/mol. The number of hydrogen-bond donors (Lipinski definition) is 0. The summed E-state index contributed by atoms with van der Waals surface area (Å²) in [6.07, 6.45) is 0. The van der Waals surface area contributed by atoms with E-state index in [-0.39, 0.29) is 17.8 Å². The van der Waals surface area contributed by atoms with E-state index in [1.54, 1.807) is 19.2 Å². The van der Waals surface area contributed by atoms with Gasteiger partial charge < -0.3 is 23.3 Å². The SMILES string of the molecule is COCc1csc2c(C(=O)OC)c(=O)c3cc4c(cc3n12)OCO4. The van der Waals surface area contributed by atoms with E-state index in [1.165, 1.54) is 18.4 Å². The molecule has 0 amide bonds. The largest absolute Gasteiger partial charge is 0.465 e. The third-order valence-electron chi connectivity index (χ3n) is 3.90. The molecule has 0 radical (unpaired) electrons. The van der Waals surface area contributed by atoms with Crippen LogP contribution in [0.2, 0.25) is 0 Å². The van der Waals surface area contributed by atoms with Crippen molar-refractivity contribution in [2.24, 2.45) is 0 Å². The number of pyridine rings is 1. The van der Waals surface area contributed by atoms with Gasteiger partial charge in [-0.2, -0.15) is 0 Å². The minimum Gasteiger partial charge on any atom is -0.465 e. The number of methoxy groups -OCH3 is 2. The van der Waals surface area contributed by atoms with Crippen molar-refractivity contribution in [3.63, 3.8) is 0 Å². The van der Waals surface area contributed by atoms with Gasteiger partial charge in [-0.3, -0.25) is 4.79 Å². The van der Waals surface area contributed by atoms with Gasteiger partial charge in [0.25, 0.3) is 0 Å². The smallest absolute Gasteiger partial charge is 0.344 e. The molecule has 0 saturated heterocycles. The topological polar surface area (TPSA) is 75.5 Å². The Balaban J connectivity index is 2.20. The van der Waals surface area contributed by atoms with E-state index in [9.17, 15) is 9.59 Å². The number of carbonyl (C=O) groups excluding carboxylic acids is 1. The average molecular weight is 347 g/mol. The van der Waals surface area contributed by atoms with Crippen LogP contribution in [-0.2, 0) is 16.1 Å². The summed E-state index contributed by atoms with van der Waals surface area (Å²) in [6.45, 7) is 0.444. The Hall–Kier alpha value is -2.58. The molecule has 0 N–H and O–H groups in total. The van der Waals surface area contributed by atoms with Crippen LogP contribution < -0.4 is 14.9 Å². The lowest BCUT2D eigenvalue weighted by Gasteiger charge is -2.10. The molecule has 3 aromatic rings. The first-order chi connectivity index (χ1) is 11.7. The summed E-state index contributed by atoms with van der Waals surface area (Å²) < 4.78 is 22.6. The molecule has 3 heterocycles. The summed E-state index contributed by atoms with van der Waals surface area (Å²) >= 11 is 1.30. The molecule has 0 spiro atoms. The van der Waals surface area contributed by atoms with Gasteiger partial charge in [0.15, 0.2) is 11.5 Å². The van der Waals surface area contributed by atoms with E-state index >= 15 is 0 Å². The molecule has 0 saturated carbocycles. The number of fused-ring (bicyclic) bond motifs is 4. The van der Waals surface area contributed by atoms with E-state index in [1.807, 2.05) is 9.78 Å². The molecule has 1 aliphatic rings. The Kier molecular flexibility index (Phi) is 3.43. The Bertz CT molecular complexity index is 1030. The van der Waals surface area contributed by atoms with Crippen LogP contribution in [0, 0.1) is 0 Å². The van der Waals surface area contributed by atoms with Gasteiger partial charge in [-0.1, -0.05) is 0 Å². The van der Waals surface area contributed by atoms with E-state index in [4.69, 9.17) is 18.9 Å². The zero-order valence-corrected chi connectivity index (χ0v) is 13.8. The van der Waals surface area contributed by atoms with Gasteiger partial charge in [-0.25, -0.2) is 4.79 Å². The highest BCUT2D eigenvalue weighted by molar-refractivity contribution is 7.16. The molecule has 7 nitrogen and oxygen atoms in total.